The van der Waals surface area contributed by atoms with Gasteiger partial charge in [-0.15, -0.1) is 0 Å². The molecule has 3 heterocycles. The molecule has 8 nitrogen and oxygen atoms in total. The monoisotopic (exact) mass is 648 g/mol. The number of methoxy groups -OCH3 is 2. The SMILES string of the molecule is CO[C@]12O[C@]3(C)CC[C@@H](OC(=O)[C@@H]1[C@H]1C[C@H]4[C@H](C(C)=C[C@H]5[C@@H](OC(=O)[C@](OC)(c6ccccc6)C(F)(F)F)[C@H](C)[C@@H](O)[C@@H]54)[C@H]13)[C@H]2C. The molecular formula is C35H43F3O8. The van der Waals surface area contributed by atoms with E-state index < -0.39 is 65.0 Å². The number of carbonyl (C=O) groups is 2. The van der Waals surface area contributed by atoms with Crippen LogP contribution >= 0.6 is 0 Å². The molecule has 1 aromatic carbocycles. The number of aliphatic hydroxyl groups excluding tert-OH is 1. The van der Waals surface area contributed by atoms with E-state index in [2.05, 4.69) is 6.92 Å². The lowest BCUT2D eigenvalue weighted by Gasteiger charge is -2.58. The molecule has 0 spiro atoms. The van der Waals surface area contributed by atoms with Crippen LogP contribution in [0.2, 0.25) is 0 Å². The van der Waals surface area contributed by atoms with E-state index in [4.69, 9.17) is 23.7 Å². The van der Waals surface area contributed by atoms with Crippen LogP contribution in [0.15, 0.2) is 42.0 Å². The lowest BCUT2D eigenvalue weighted by molar-refractivity contribution is -0.376. The highest BCUT2D eigenvalue weighted by Crippen LogP contribution is 2.69. The number of hydrogen-bond acceptors (Lipinski definition) is 8. The van der Waals surface area contributed by atoms with Crippen LogP contribution in [0.25, 0.3) is 0 Å². The van der Waals surface area contributed by atoms with Crippen molar-refractivity contribution < 1.29 is 51.6 Å². The molecule has 0 unspecified atom stereocenters. The van der Waals surface area contributed by atoms with Gasteiger partial charge in [-0.2, -0.15) is 13.2 Å². The number of allylic oxidation sites excluding steroid dienone is 1. The van der Waals surface area contributed by atoms with Crippen LogP contribution in [0.4, 0.5) is 13.2 Å². The van der Waals surface area contributed by atoms with Gasteiger partial charge in [0.15, 0.2) is 5.79 Å². The quantitative estimate of drug-likeness (QED) is 0.345. The van der Waals surface area contributed by atoms with Crippen LogP contribution in [0.3, 0.4) is 0 Å². The van der Waals surface area contributed by atoms with Crippen molar-refractivity contribution in [3.63, 3.8) is 0 Å². The van der Waals surface area contributed by atoms with Gasteiger partial charge in [-0.05, 0) is 62.7 Å². The summed E-state index contributed by atoms with van der Waals surface area (Å²) in [5, 5.41) is 11.8. The van der Waals surface area contributed by atoms with Gasteiger partial charge in [-0.25, -0.2) is 4.79 Å². The van der Waals surface area contributed by atoms with E-state index in [9.17, 15) is 27.9 Å². The topological polar surface area (TPSA) is 101 Å². The molecule has 5 fully saturated rings. The molecule has 252 valence electrons. The summed E-state index contributed by atoms with van der Waals surface area (Å²) in [4.78, 5) is 27.4. The first kappa shape index (κ1) is 32.1. The molecule has 11 heteroatoms. The van der Waals surface area contributed by atoms with Crippen molar-refractivity contribution >= 4 is 11.9 Å². The van der Waals surface area contributed by atoms with Crippen LogP contribution < -0.4 is 0 Å². The standard InChI is InChI=1S/C35H43F3O8/c1-16-14-21-25(28(39)17(2)29(21)45-31(41)33(42-5,35(36,37)38)19-10-8-7-9-11-19)20-15-22-26(24(16)20)32(4)13-12-23-18(3)34(43-6,46-32)27(22)30(40)44-23/h7-11,14,17-18,20-29,39H,12-13,15H2,1-6H3/t17-,18-,20+,21-,22+,23-,24+,25-,26+,27+,28-,29+,32-,33-,34-/m1/s1. The molecule has 1 N–H and O–H groups in total. The van der Waals surface area contributed by atoms with Crippen molar-refractivity contribution in [1.29, 1.82) is 0 Å². The third kappa shape index (κ3) is 4.00. The summed E-state index contributed by atoms with van der Waals surface area (Å²) in [7, 11) is 2.44. The number of rotatable bonds is 5. The third-order valence-corrected chi connectivity index (χ3v) is 12.9. The first-order chi connectivity index (χ1) is 21.7. The number of aliphatic hydroxyl groups is 1. The number of ether oxygens (including phenoxy) is 5. The Morgan fingerprint density at radius 2 is 1.80 bits per heavy atom. The van der Waals surface area contributed by atoms with Crippen molar-refractivity contribution in [3.8, 4) is 0 Å². The molecule has 3 bridgehead atoms. The highest BCUT2D eigenvalue weighted by Gasteiger charge is 2.74. The molecule has 0 aromatic heterocycles. The third-order valence-electron chi connectivity index (χ3n) is 12.9. The molecule has 6 aliphatic rings. The van der Waals surface area contributed by atoms with Crippen LogP contribution in [0.1, 0.15) is 52.5 Å². The lowest BCUT2D eigenvalue weighted by Crippen LogP contribution is -2.68. The van der Waals surface area contributed by atoms with Crippen LogP contribution in [0, 0.1) is 53.3 Å². The Hall–Kier alpha value is -2.47. The Morgan fingerprint density at radius 1 is 1.11 bits per heavy atom. The summed E-state index contributed by atoms with van der Waals surface area (Å²) in [6.07, 6.45) is -3.49. The highest BCUT2D eigenvalue weighted by molar-refractivity contribution is 5.83. The smallest absolute Gasteiger partial charge is 0.432 e. The van der Waals surface area contributed by atoms with Gasteiger partial charge in [0, 0.05) is 37.5 Å². The number of halogens is 3. The second-order valence-corrected chi connectivity index (χ2v) is 14.8. The number of fused-ring (bicyclic) bond motifs is 9. The molecule has 3 aliphatic carbocycles. The van der Waals surface area contributed by atoms with E-state index in [0.29, 0.717) is 19.3 Å². The molecule has 15 atom stereocenters. The minimum atomic E-state index is -5.11. The van der Waals surface area contributed by atoms with Gasteiger partial charge in [0.05, 0.1) is 11.7 Å². The van der Waals surface area contributed by atoms with E-state index in [-0.39, 0.29) is 47.2 Å². The van der Waals surface area contributed by atoms with E-state index in [0.717, 1.165) is 12.7 Å². The Bertz CT molecular complexity index is 1430. The summed E-state index contributed by atoms with van der Waals surface area (Å²) in [5.74, 6) is -5.79. The fraction of sp³-hybridized carbons (Fsp3) is 0.714. The van der Waals surface area contributed by atoms with Gasteiger partial charge >= 0.3 is 18.1 Å². The first-order valence-electron chi connectivity index (χ1n) is 16.4. The summed E-state index contributed by atoms with van der Waals surface area (Å²) in [5.41, 5.74) is -3.34. The molecule has 0 radical (unpaired) electrons. The number of alkyl halides is 3. The molecule has 46 heavy (non-hydrogen) atoms. The predicted molar refractivity (Wildman–Crippen MR) is 157 cm³/mol. The summed E-state index contributed by atoms with van der Waals surface area (Å²) < 4.78 is 74.1. The molecule has 2 saturated carbocycles. The average molecular weight is 649 g/mol. The molecule has 3 saturated heterocycles. The largest absolute Gasteiger partial charge is 0.461 e. The van der Waals surface area contributed by atoms with Gasteiger partial charge in [0.2, 0.25) is 0 Å². The number of esters is 2. The molecular weight excluding hydrogens is 605 g/mol. The van der Waals surface area contributed by atoms with E-state index in [1.165, 1.54) is 24.3 Å². The van der Waals surface area contributed by atoms with Crippen molar-refractivity contribution in [2.24, 2.45) is 53.3 Å². The fourth-order valence-corrected chi connectivity index (χ4v) is 11.0. The summed E-state index contributed by atoms with van der Waals surface area (Å²) >= 11 is 0. The number of carbonyl (C=O) groups excluding carboxylic acids is 2. The van der Waals surface area contributed by atoms with Gasteiger partial charge < -0.3 is 28.8 Å². The average Bonchev–Trinajstić information content (AvgIpc) is 3.51. The normalized spacial score (nSPS) is 47.1. The minimum absolute atomic E-state index is 0.0415. The van der Waals surface area contributed by atoms with Crippen molar-refractivity contribution in [2.75, 3.05) is 14.2 Å². The Labute approximate surface area is 266 Å². The second-order valence-electron chi connectivity index (χ2n) is 14.8. The van der Waals surface area contributed by atoms with Crippen LogP contribution in [-0.2, 0) is 38.9 Å². The Kier molecular flexibility index (Phi) is 7.34. The van der Waals surface area contributed by atoms with Gasteiger partial charge in [-0.1, -0.05) is 55.8 Å². The van der Waals surface area contributed by atoms with Crippen molar-refractivity contribution in [3.05, 3.63) is 47.5 Å². The zero-order valence-electron chi connectivity index (χ0n) is 27.0. The Balaban J connectivity index is 1.26. The van der Waals surface area contributed by atoms with Crippen molar-refractivity contribution in [2.45, 2.75) is 88.4 Å². The highest BCUT2D eigenvalue weighted by atomic mass is 19.4. The van der Waals surface area contributed by atoms with E-state index >= 15 is 0 Å². The van der Waals surface area contributed by atoms with E-state index in [1.807, 2.05) is 19.9 Å². The summed E-state index contributed by atoms with van der Waals surface area (Å²) in [6.45, 7) is 7.83. The maximum Gasteiger partial charge on any atom is 0.432 e. The lowest BCUT2D eigenvalue weighted by atomic mass is 9.61. The fourth-order valence-electron chi connectivity index (χ4n) is 11.0. The molecule has 3 aliphatic heterocycles. The van der Waals surface area contributed by atoms with Gasteiger partial charge in [-0.3, -0.25) is 4.79 Å². The maximum atomic E-state index is 14.7. The number of benzene rings is 1. The van der Waals surface area contributed by atoms with Gasteiger partial charge in [0.1, 0.15) is 18.1 Å². The Morgan fingerprint density at radius 3 is 2.43 bits per heavy atom. The van der Waals surface area contributed by atoms with Crippen LogP contribution in [0.5, 0.6) is 0 Å². The maximum absolute atomic E-state index is 14.7. The number of hydrogen-bond donors (Lipinski definition) is 1. The summed E-state index contributed by atoms with van der Waals surface area (Å²) in [6, 6.07) is 6.75. The minimum Gasteiger partial charge on any atom is -0.461 e. The predicted octanol–water partition coefficient (Wildman–Crippen LogP) is 5.18. The zero-order valence-corrected chi connectivity index (χ0v) is 27.0. The van der Waals surface area contributed by atoms with E-state index in [1.54, 1.807) is 20.1 Å². The van der Waals surface area contributed by atoms with Gasteiger partial charge in [0.25, 0.3) is 5.60 Å². The van der Waals surface area contributed by atoms with Crippen LogP contribution in [-0.4, -0.2) is 67.1 Å². The van der Waals surface area contributed by atoms with Crippen molar-refractivity contribution in [1.82, 2.24) is 0 Å². The first-order valence-corrected chi connectivity index (χ1v) is 16.4. The second kappa shape index (κ2) is 10.5. The molecule has 7 rings (SSSR count). The molecule has 0 amide bonds. The molecule has 1 aromatic rings. The zero-order chi connectivity index (χ0) is 33.1.